The number of ether oxygens (including phenoxy) is 2. The fourth-order valence-electron chi connectivity index (χ4n) is 2.53. The zero-order valence-corrected chi connectivity index (χ0v) is 15.6. The molecule has 0 radical (unpaired) electrons. The number of thiocyanates is 1. The van der Waals surface area contributed by atoms with Crippen LogP contribution in [0.4, 0.5) is 5.69 Å². The van der Waals surface area contributed by atoms with E-state index in [0.717, 1.165) is 22.9 Å². The number of nitro groups is 1. The maximum absolute atomic E-state index is 11.6. The van der Waals surface area contributed by atoms with Crippen molar-refractivity contribution in [1.29, 1.82) is 5.26 Å². The zero-order chi connectivity index (χ0) is 19.8. The van der Waals surface area contributed by atoms with Crippen LogP contribution in [0.25, 0.3) is 0 Å². The summed E-state index contributed by atoms with van der Waals surface area (Å²) in [7, 11) is 0. The zero-order valence-electron chi connectivity index (χ0n) is 14.8. The quantitative estimate of drug-likeness (QED) is 0.223. The van der Waals surface area contributed by atoms with E-state index in [9.17, 15) is 10.1 Å². The van der Waals surface area contributed by atoms with Crippen LogP contribution < -0.4 is 9.47 Å². The monoisotopic (exact) mass is 392 g/mol. The van der Waals surface area contributed by atoms with Gasteiger partial charge in [0.25, 0.3) is 0 Å². The molecular formula is C21H16N2O4S. The Morgan fingerprint density at radius 1 is 0.929 bits per heavy atom. The Balaban J connectivity index is 1.93. The molecule has 0 spiro atoms. The first-order valence-corrected chi connectivity index (χ1v) is 9.21. The third kappa shape index (κ3) is 5.02. The van der Waals surface area contributed by atoms with Crippen LogP contribution in [0.2, 0.25) is 0 Å². The molecule has 0 saturated carbocycles. The molecule has 0 unspecified atom stereocenters. The van der Waals surface area contributed by atoms with Gasteiger partial charge >= 0.3 is 5.69 Å². The second-order valence-corrected chi connectivity index (χ2v) is 6.63. The summed E-state index contributed by atoms with van der Waals surface area (Å²) in [6.45, 7) is 0.383. The summed E-state index contributed by atoms with van der Waals surface area (Å²) in [5.74, 6) is 0.277. The van der Waals surface area contributed by atoms with Crippen molar-refractivity contribution in [1.82, 2.24) is 0 Å². The summed E-state index contributed by atoms with van der Waals surface area (Å²) in [5, 5.41) is 22.5. The third-order valence-electron chi connectivity index (χ3n) is 3.83. The summed E-state index contributed by atoms with van der Waals surface area (Å²) in [6, 6.07) is 21.7. The average Bonchev–Trinajstić information content (AvgIpc) is 2.72. The van der Waals surface area contributed by atoms with Crippen molar-refractivity contribution < 1.29 is 14.4 Å². The molecule has 0 aliphatic carbocycles. The maximum atomic E-state index is 11.6. The van der Waals surface area contributed by atoms with Crippen molar-refractivity contribution >= 4 is 17.4 Å². The van der Waals surface area contributed by atoms with E-state index in [-0.39, 0.29) is 30.4 Å². The van der Waals surface area contributed by atoms with E-state index >= 15 is 0 Å². The number of nitriles is 1. The Kier molecular flexibility index (Phi) is 6.50. The molecule has 0 heterocycles. The number of rotatable bonds is 8. The van der Waals surface area contributed by atoms with Gasteiger partial charge in [-0.2, -0.15) is 5.26 Å². The molecule has 0 amide bonds. The van der Waals surface area contributed by atoms with Crippen LogP contribution in [0.3, 0.4) is 0 Å². The van der Waals surface area contributed by atoms with Crippen molar-refractivity contribution in [3.63, 3.8) is 0 Å². The number of benzene rings is 3. The molecular weight excluding hydrogens is 376 g/mol. The molecule has 0 aliphatic rings. The van der Waals surface area contributed by atoms with Gasteiger partial charge in [-0.05, 0) is 29.0 Å². The lowest BCUT2D eigenvalue weighted by Gasteiger charge is -2.14. The van der Waals surface area contributed by atoms with Crippen LogP contribution >= 0.6 is 11.8 Å². The van der Waals surface area contributed by atoms with Gasteiger partial charge in [0, 0.05) is 11.0 Å². The summed E-state index contributed by atoms with van der Waals surface area (Å²) < 4.78 is 11.6. The fraction of sp³-hybridized carbons (Fsp3) is 0.0952. The van der Waals surface area contributed by atoms with Crippen LogP contribution in [0, 0.1) is 20.8 Å². The molecule has 3 rings (SSSR count). The van der Waals surface area contributed by atoms with Crippen molar-refractivity contribution in [3.05, 3.63) is 94.0 Å². The van der Waals surface area contributed by atoms with Gasteiger partial charge < -0.3 is 9.47 Å². The molecule has 140 valence electrons. The van der Waals surface area contributed by atoms with Gasteiger partial charge in [-0.1, -0.05) is 60.7 Å². The Morgan fingerprint density at radius 3 is 2.04 bits per heavy atom. The minimum Gasteiger partial charge on any atom is -0.485 e. The molecule has 3 aromatic carbocycles. The number of hydrogen-bond donors (Lipinski definition) is 0. The fourth-order valence-corrected chi connectivity index (χ4v) is 2.97. The smallest absolute Gasteiger partial charge is 0.316 e. The van der Waals surface area contributed by atoms with E-state index in [0.29, 0.717) is 4.90 Å². The largest absolute Gasteiger partial charge is 0.485 e. The molecule has 0 atom stereocenters. The SMILES string of the molecule is N#CSc1cc(OCc2ccccc2)c(OCc2ccccc2)c([N+](=O)[O-])c1. The minimum atomic E-state index is -0.531. The molecule has 0 fully saturated rings. The summed E-state index contributed by atoms with van der Waals surface area (Å²) >= 11 is 0.831. The predicted octanol–water partition coefficient (Wildman–Crippen LogP) is 5.33. The van der Waals surface area contributed by atoms with Gasteiger partial charge in [-0.3, -0.25) is 10.1 Å². The Bertz CT molecular complexity index is 989. The van der Waals surface area contributed by atoms with Crippen molar-refractivity contribution in [2.75, 3.05) is 0 Å². The van der Waals surface area contributed by atoms with Gasteiger partial charge in [-0.25, -0.2) is 0 Å². The summed E-state index contributed by atoms with van der Waals surface area (Å²) in [4.78, 5) is 11.5. The van der Waals surface area contributed by atoms with E-state index in [1.165, 1.54) is 6.07 Å². The second kappa shape index (κ2) is 9.44. The van der Waals surface area contributed by atoms with Gasteiger partial charge in [0.1, 0.15) is 18.6 Å². The maximum Gasteiger partial charge on any atom is 0.316 e. The van der Waals surface area contributed by atoms with Gasteiger partial charge in [0.15, 0.2) is 5.75 Å². The first-order chi connectivity index (χ1) is 13.7. The number of thioether (sulfide) groups is 1. The molecule has 0 saturated heterocycles. The molecule has 0 aliphatic heterocycles. The summed E-state index contributed by atoms with van der Waals surface area (Å²) in [6.07, 6.45) is 0. The van der Waals surface area contributed by atoms with Crippen LogP contribution in [-0.4, -0.2) is 4.92 Å². The van der Waals surface area contributed by atoms with E-state index in [2.05, 4.69) is 0 Å². The van der Waals surface area contributed by atoms with Gasteiger partial charge in [0.05, 0.1) is 4.92 Å². The highest BCUT2D eigenvalue weighted by molar-refractivity contribution is 8.03. The van der Waals surface area contributed by atoms with Crippen molar-refractivity contribution in [3.8, 4) is 16.9 Å². The standard InChI is InChI=1S/C21H16N2O4S/c22-15-28-18-11-19(23(24)25)21(27-14-17-9-5-2-6-10-17)20(12-18)26-13-16-7-3-1-4-8-16/h1-12H,13-14H2. The molecule has 0 bridgehead atoms. The van der Waals surface area contributed by atoms with Crippen LogP contribution in [0.15, 0.2) is 77.7 Å². The predicted molar refractivity (Wildman–Crippen MR) is 106 cm³/mol. The van der Waals surface area contributed by atoms with Crippen LogP contribution in [0.1, 0.15) is 11.1 Å². The molecule has 28 heavy (non-hydrogen) atoms. The molecule has 7 heteroatoms. The second-order valence-electron chi connectivity index (χ2n) is 5.77. The Labute approximate surface area is 166 Å². The number of hydrogen-bond acceptors (Lipinski definition) is 6. The molecule has 6 nitrogen and oxygen atoms in total. The highest BCUT2D eigenvalue weighted by Crippen LogP contribution is 2.41. The van der Waals surface area contributed by atoms with E-state index in [4.69, 9.17) is 14.7 Å². The average molecular weight is 392 g/mol. The molecule has 0 N–H and O–H groups in total. The lowest BCUT2D eigenvalue weighted by molar-refractivity contribution is -0.386. The van der Waals surface area contributed by atoms with E-state index in [1.807, 2.05) is 66.1 Å². The molecule has 3 aromatic rings. The van der Waals surface area contributed by atoms with E-state index < -0.39 is 4.92 Å². The van der Waals surface area contributed by atoms with Crippen LogP contribution in [0.5, 0.6) is 11.5 Å². The van der Waals surface area contributed by atoms with Gasteiger partial charge in [-0.15, -0.1) is 0 Å². The lowest BCUT2D eigenvalue weighted by atomic mass is 10.2. The normalized spacial score (nSPS) is 10.1. The van der Waals surface area contributed by atoms with Crippen LogP contribution in [-0.2, 0) is 13.2 Å². The minimum absolute atomic E-state index is 0.0482. The number of nitro benzene ring substituents is 1. The third-order valence-corrected chi connectivity index (χ3v) is 4.39. The number of nitrogens with zero attached hydrogens (tertiary/aromatic N) is 2. The van der Waals surface area contributed by atoms with E-state index in [1.54, 1.807) is 6.07 Å². The highest BCUT2D eigenvalue weighted by Gasteiger charge is 2.23. The Morgan fingerprint density at radius 2 is 1.50 bits per heavy atom. The topological polar surface area (TPSA) is 85.4 Å². The Hall–Kier alpha value is -3.50. The first kappa shape index (κ1) is 19.3. The summed E-state index contributed by atoms with van der Waals surface area (Å²) in [5.41, 5.74) is 1.55. The van der Waals surface area contributed by atoms with Gasteiger partial charge in [0.2, 0.25) is 5.75 Å². The molecule has 0 aromatic heterocycles. The lowest BCUT2D eigenvalue weighted by Crippen LogP contribution is -2.04. The first-order valence-electron chi connectivity index (χ1n) is 8.39. The highest BCUT2D eigenvalue weighted by atomic mass is 32.2. The van der Waals surface area contributed by atoms with Crippen molar-refractivity contribution in [2.45, 2.75) is 18.1 Å². The van der Waals surface area contributed by atoms with Crippen molar-refractivity contribution in [2.24, 2.45) is 0 Å².